The lowest BCUT2D eigenvalue weighted by atomic mass is 9.88. The molecule has 3 rings (SSSR count). The maximum Gasteiger partial charge on any atom is 0.175 e. The van der Waals surface area contributed by atoms with Crippen LogP contribution in [-0.4, -0.2) is 19.8 Å². The summed E-state index contributed by atoms with van der Waals surface area (Å²) >= 11 is 0. The van der Waals surface area contributed by atoms with Gasteiger partial charge in [-0.25, -0.2) is 8.42 Å². The fourth-order valence-electron chi connectivity index (χ4n) is 3.18. The summed E-state index contributed by atoms with van der Waals surface area (Å²) in [4.78, 5) is 0.307. The maximum atomic E-state index is 11.8. The zero-order chi connectivity index (χ0) is 19.4. The first-order chi connectivity index (χ1) is 12.9. The summed E-state index contributed by atoms with van der Waals surface area (Å²) in [6.45, 7) is 2.09. The molecule has 0 heterocycles. The second-order valence-electron chi connectivity index (χ2n) is 6.42. The molecule has 3 aromatic carbocycles. The van der Waals surface area contributed by atoms with Gasteiger partial charge in [0.2, 0.25) is 0 Å². The number of phenols is 1. The van der Waals surface area contributed by atoms with Crippen LogP contribution < -0.4 is 0 Å². The molecule has 0 fully saturated rings. The first kappa shape index (κ1) is 18.9. The standard InChI is InChI=1S/C23H22O3S/c1-3-22(17-9-13-20(24)14-10-17)23(18-7-5-4-6-8-18)19-11-15-21(16-12-19)27(2,25)26/h4-16,24H,3H2,1-2H3/b23-22-. The van der Waals surface area contributed by atoms with Crippen molar-refractivity contribution in [2.24, 2.45) is 0 Å². The predicted molar refractivity (Wildman–Crippen MR) is 110 cm³/mol. The quantitative estimate of drug-likeness (QED) is 0.624. The van der Waals surface area contributed by atoms with Gasteiger partial charge in [0.05, 0.1) is 4.90 Å². The lowest BCUT2D eigenvalue weighted by Crippen LogP contribution is -1.98. The normalized spacial score (nSPS) is 12.5. The molecule has 0 aromatic heterocycles. The number of rotatable bonds is 5. The second-order valence-corrected chi connectivity index (χ2v) is 8.43. The predicted octanol–water partition coefficient (Wildman–Crippen LogP) is 5.16. The van der Waals surface area contributed by atoms with Crippen molar-refractivity contribution >= 4 is 21.0 Å². The molecule has 0 aliphatic rings. The van der Waals surface area contributed by atoms with Crippen molar-refractivity contribution in [3.8, 4) is 5.75 Å². The van der Waals surface area contributed by atoms with E-state index in [4.69, 9.17) is 0 Å². The highest BCUT2D eigenvalue weighted by Crippen LogP contribution is 2.35. The van der Waals surface area contributed by atoms with E-state index in [1.807, 2.05) is 42.5 Å². The van der Waals surface area contributed by atoms with Crippen LogP contribution in [0, 0.1) is 0 Å². The summed E-state index contributed by atoms with van der Waals surface area (Å²) in [6, 6.07) is 24.2. The third kappa shape index (κ3) is 4.29. The van der Waals surface area contributed by atoms with Gasteiger partial charge in [-0.05, 0) is 58.5 Å². The molecule has 0 aliphatic heterocycles. The van der Waals surface area contributed by atoms with Crippen molar-refractivity contribution in [3.63, 3.8) is 0 Å². The Bertz CT molecular complexity index is 1050. The molecule has 0 spiro atoms. The van der Waals surface area contributed by atoms with E-state index < -0.39 is 9.84 Å². The van der Waals surface area contributed by atoms with Crippen molar-refractivity contribution in [2.75, 3.05) is 6.26 Å². The molecule has 3 aromatic rings. The van der Waals surface area contributed by atoms with Gasteiger partial charge in [-0.3, -0.25) is 0 Å². The molecule has 0 radical (unpaired) electrons. The van der Waals surface area contributed by atoms with Crippen LogP contribution in [0.5, 0.6) is 5.75 Å². The van der Waals surface area contributed by atoms with Gasteiger partial charge in [-0.1, -0.05) is 61.5 Å². The lowest BCUT2D eigenvalue weighted by Gasteiger charge is -2.16. The van der Waals surface area contributed by atoms with Gasteiger partial charge in [0, 0.05) is 6.26 Å². The highest BCUT2D eigenvalue weighted by atomic mass is 32.2. The Hall–Kier alpha value is -2.85. The molecule has 0 unspecified atom stereocenters. The van der Waals surface area contributed by atoms with Crippen LogP contribution in [0.2, 0.25) is 0 Å². The van der Waals surface area contributed by atoms with E-state index in [0.29, 0.717) is 4.90 Å². The largest absolute Gasteiger partial charge is 0.508 e. The fourth-order valence-corrected chi connectivity index (χ4v) is 3.81. The van der Waals surface area contributed by atoms with Crippen LogP contribution in [0.15, 0.2) is 83.8 Å². The molecule has 27 heavy (non-hydrogen) atoms. The number of aromatic hydroxyl groups is 1. The number of sulfone groups is 1. The van der Waals surface area contributed by atoms with E-state index in [2.05, 4.69) is 19.1 Å². The van der Waals surface area contributed by atoms with Crippen molar-refractivity contribution < 1.29 is 13.5 Å². The minimum atomic E-state index is -3.24. The zero-order valence-electron chi connectivity index (χ0n) is 15.4. The molecule has 3 nitrogen and oxygen atoms in total. The minimum absolute atomic E-state index is 0.230. The third-order valence-corrected chi connectivity index (χ3v) is 5.63. The highest BCUT2D eigenvalue weighted by molar-refractivity contribution is 7.90. The van der Waals surface area contributed by atoms with E-state index in [-0.39, 0.29) is 5.75 Å². The molecule has 4 heteroatoms. The van der Waals surface area contributed by atoms with Crippen LogP contribution in [0.3, 0.4) is 0 Å². The maximum absolute atomic E-state index is 11.8. The second kappa shape index (κ2) is 7.80. The number of phenolic OH excluding ortho intramolecular Hbond substituents is 1. The summed E-state index contributed by atoms with van der Waals surface area (Å²) in [7, 11) is -3.24. The van der Waals surface area contributed by atoms with E-state index in [1.165, 1.54) is 6.26 Å². The Kier molecular flexibility index (Phi) is 5.47. The first-order valence-corrected chi connectivity index (χ1v) is 10.7. The zero-order valence-corrected chi connectivity index (χ0v) is 16.2. The van der Waals surface area contributed by atoms with Crippen molar-refractivity contribution in [2.45, 2.75) is 18.2 Å². The SMILES string of the molecule is CC/C(=C(\c1ccccc1)c1ccc(S(C)(=O)=O)cc1)c1ccc(O)cc1. The monoisotopic (exact) mass is 378 g/mol. The van der Waals surface area contributed by atoms with E-state index >= 15 is 0 Å². The number of hydrogen-bond acceptors (Lipinski definition) is 3. The Morgan fingerprint density at radius 2 is 1.30 bits per heavy atom. The van der Waals surface area contributed by atoms with E-state index in [1.54, 1.807) is 24.3 Å². The molecular weight excluding hydrogens is 356 g/mol. The first-order valence-electron chi connectivity index (χ1n) is 8.78. The Morgan fingerprint density at radius 3 is 1.81 bits per heavy atom. The number of benzene rings is 3. The van der Waals surface area contributed by atoms with Gasteiger partial charge in [-0.2, -0.15) is 0 Å². The molecular formula is C23H22O3S. The molecule has 0 bridgehead atoms. The summed E-state index contributed by atoms with van der Waals surface area (Å²) in [5.74, 6) is 0.230. The van der Waals surface area contributed by atoms with Crippen LogP contribution in [-0.2, 0) is 9.84 Å². The van der Waals surface area contributed by atoms with Crippen molar-refractivity contribution in [1.82, 2.24) is 0 Å². The average molecular weight is 378 g/mol. The Balaban J connectivity index is 2.24. The van der Waals surface area contributed by atoms with Gasteiger partial charge in [-0.15, -0.1) is 0 Å². The number of hydrogen-bond donors (Lipinski definition) is 1. The van der Waals surface area contributed by atoms with Gasteiger partial charge in [0.15, 0.2) is 9.84 Å². The van der Waals surface area contributed by atoms with Crippen LogP contribution >= 0.6 is 0 Å². The summed E-state index contributed by atoms with van der Waals surface area (Å²) in [5.41, 5.74) is 5.24. The van der Waals surface area contributed by atoms with Crippen LogP contribution in [0.25, 0.3) is 11.1 Å². The molecule has 0 aliphatic carbocycles. The fraction of sp³-hybridized carbons (Fsp3) is 0.130. The molecule has 1 N–H and O–H groups in total. The van der Waals surface area contributed by atoms with Gasteiger partial charge >= 0.3 is 0 Å². The third-order valence-electron chi connectivity index (χ3n) is 4.50. The van der Waals surface area contributed by atoms with E-state index in [0.717, 1.165) is 34.3 Å². The lowest BCUT2D eigenvalue weighted by molar-refractivity contribution is 0.475. The van der Waals surface area contributed by atoms with E-state index in [9.17, 15) is 13.5 Å². The topological polar surface area (TPSA) is 54.4 Å². The molecule has 0 atom stereocenters. The van der Waals surface area contributed by atoms with Crippen molar-refractivity contribution in [3.05, 3.63) is 95.6 Å². The van der Waals surface area contributed by atoms with Gasteiger partial charge in [0.25, 0.3) is 0 Å². The molecule has 0 saturated heterocycles. The Morgan fingerprint density at radius 1 is 0.778 bits per heavy atom. The summed E-state index contributed by atoms with van der Waals surface area (Å²) < 4.78 is 23.6. The Labute approximate surface area is 160 Å². The highest BCUT2D eigenvalue weighted by Gasteiger charge is 2.14. The minimum Gasteiger partial charge on any atom is -0.508 e. The van der Waals surface area contributed by atoms with Gasteiger partial charge < -0.3 is 5.11 Å². The summed E-state index contributed by atoms with van der Waals surface area (Å²) in [5, 5.41) is 9.62. The smallest absolute Gasteiger partial charge is 0.175 e. The van der Waals surface area contributed by atoms with Crippen molar-refractivity contribution in [1.29, 1.82) is 0 Å². The average Bonchev–Trinajstić information content (AvgIpc) is 2.67. The van der Waals surface area contributed by atoms with Crippen LogP contribution in [0.4, 0.5) is 0 Å². The molecule has 0 saturated carbocycles. The van der Waals surface area contributed by atoms with Crippen LogP contribution in [0.1, 0.15) is 30.0 Å². The summed E-state index contributed by atoms with van der Waals surface area (Å²) in [6.07, 6.45) is 2.01. The molecule has 138 valence electrons. The van der Waals surface area contributed by atoms with Gasteiger partial charge in [0.1, 0.15) is 5.75 Å². The number of allylic oxidation sites excluding steroid dienone is 1. The molecule has 0 amide bonds.